The summed E-state index contributed by atoms with van der Waals surface area (Å²) in [6.07, 6.45) is 0.986. The highest BCUT2D eigenvalue weighted by Gasteiger charge is 2.23. The average molecular weight is 410 g/mol. The Morgan fingerprint density at radius 2 is 1.97 bits per heavy atom. The smallest absolute Gasteiger partial charge is 0.338 e. The minimum absolute atomic E-state index is 0.0384. The summed E-state index contributed by atoms with van der Waals surface area (Å²) in [5, 5.41) is 2.68. The number of fused-ring (bicyclic) bond motifs is 1. The maximum Gasteiger partial charge on any atom is 0.338 e. The standard InChI is InChI=1S/C22H22N2O6/c25-20(23-12-17-13-28-18-7-1-2-8-19(18)30-17)14-29-22(27)15-5-3-6-16(11-15)24-10-4-9-21(24)26/h1-3,5-8,11,17H,4,9-10,12-14H2,(H,23,25)/t17-/m0/s1. The van der Waals surface area contributed by atoms with Crippen LogP contribution in [0.25, 0.3) is 0 Å². The second-order valence-corrected chi connectivity index (χ2v) is 7.08. The monoisotopic (exact) mass is 410 g/mol. The molecule has 0 spiro atoms. The van der Waals surface area contributed by atoms with Gasteiger partial charge in [-0.25, -0.2) is 4.79 Å². The largest absolute Gasteiger partial charge is 0.486 e. The molecule has 8 heteroatoms. The number of nitrogens with one attached hydrogen (secondary N) is 1. The molecule has 1 fully saturated rings. The van der Waals surface area contributed by atoms with Crippen LogP contribution in [0.15, 0.2) is 48.5 Å². The lowest BCUT2D eigenvalue weighted by Crippen LogP contribution is -2.42. The first-order chi connectivity index (χ1) is 14.6. The number of carbonyl (C=O) groups is 3. The minimum atomic E-state index is -0.621. The molecule has 4 rings (SSSR count). The van der Waals surface area contributed by atoms with Gasteiger partial charge in [0.2, 0.25) is 5.91 Å². The van der Waals surface area contributed by atoms with Crippen LogP contribution in [0.3, 0.4) is 0 Å². The summed E-state index contributed by atoms with van der Waals surface area (Å²) in [5.74, 6) is 0.288. The second-order valence-electron chi connectivity index (χ2n) is 7.08. The first-order valence-corrected chi connectivity index (χ1v) is 9.83. The van der Waals surface area contributed by atoms with Crippen molar-refractivity contribution in [3.63, 3.8) is 0 Å². The third-order valence-corrected chi connectivity index (χ3v) is 4.90. The Morgan fingerprint density at radius 1 is 1.13 bits per heavy atom. The van der Waals surface area contributed by atoms with E-state index in [4.69, 9.17) is 14.2 Å². The Balaban J connectivity index is 1.24. The van der Waals surface area contributed by atoms with Crippen LogP contribution in [-0.2, 0) is 14.3 Å². The molecule has 0 aromatic heterocycles. The molecule has 0 saturated carbocycles. The molecule has 2 aromatic rings. The Bertz CT molecular complexity index is 960. The molecule has 0 unspecified atom stereocenters. The van der Waals surface area contributed by atoms with Gasteiger partial charge in [0.1, 0.15) is 12.7 Å². The van der Waals surface area contributed by atoms with Crippen molar-refractivity contribution >= 4 is 23.5 Å². The average Bonchev–Trinajstić information content (AvgIpc) is 3.21. The van der Waals surface area contributed by atoms with Crippen LogP contribution < -0.4 is 19.7 Å². The van der Waals surface area contributed by atoms with Crippen molar-refractivity contribution in [3.05, 3.63) is 54.1 Å². The molecule has 1 saturated heterocycles. The van der Waals surface area contributed by atoms with Crippen molar-refractivity contribution in [1.82, 2.24) is 5.32 Å². The molecule has 2 aliphatic heterocycles. The molecular formula is C22H22N2O6. The van der Waals surface area contributed by atoms with Gasteiger partial charge in [-0.1, -0.05) is 18.2 Å². The lowest BCUT2D eigenvalue weighted by molar-refractivity contribution is -0.124. The molecule has 2 heterocycles. The molecule has 0 aliphatic carbocycles. The number of amides is 2. The molecule has 0 bridgehead atoms. The molecule has 8 nitrogen and oxygen atoms in total. The minimum Gasteiger partial charge on any atom is -0.486 e. The summed E-state index contributed by atoms with van der Waals surface area (Å²) in [6.45, 7) is 0.781. The first-order valence-electron chi connectivity index (χ1n) is 9.83. The molecule has 2 aliphatic rings. The van der Waals surface area contributed by atoms with Crippen LogP contribution in [0.2, 0.25) is 0 Å². The third kappa shape index (κ3) is 4.53. The van der Waals surface area contributed by atoms with E-state index in [2.05, 4.69) is 5.32 Å². The van der Waals surface area contributed by atoms with Gasteiger partial charge in [0, 0.05) is 18.7 Å². The molecular weight excluding hydrogens is 388 g/mol. The highest BCUT2D eigenvalue weighted by Crippen LogP contribution is 2.30. The van der Waals surface area contributed by atoms with Gasteiger partial charge < -0.3 is 24.4 Å². The van der Waals surface area contributed by atoms with Gasteiger partial charge in [0.15, 0.2) is 18.1 Å². The van der Waals surface area contributed by atoms with Gasteiger partial charge in [0.05, 0.1) is 12.1 Å². The molecule has 1 atom stereocenters. The van der Waals surface area contributed by atoms with Crippen molar-refractivity contribution in [1.29, 1.82) is 0 Å². The number of para-hydroxylation sites is 2. The fourth-order valence-corrected chi connectivity index (χ4v) is 3.38. The summed E-state index contributed by atoms with van der Waals surface area (Å²) in [4.78, 5) is 37.9. The number of anilines is 1. The fourth-order valence-electron chi connectivity index (χ4n) is 3.38. The van der Waals surface area contributed by atoms with Crippen molar-refractivity contribution in [3.8, 4) is 11.5 Å². The van der Waals surface area contributed by atoms with Crippen LogP contribution in [-0.4, -0.2) is 50.2 Å². The van der Waals surface area contributed by atoms with E-state index in [1.165, 1.54) is 0 Å². The normalized spacial score (nSPS) is 17.5. The van der Waals surface area contributed by atoms with Gasteiger partial charge in [0.25, 0.3) is 5.91 Å². The van der Waals surface area contributed by atoms with E-state index in [0.717, 1.165) is 6.42 Å². The molecule has 30 heavy (non-hydrogen) atoms. The zero-order chi connectivity index (χ0) is 20.9. The van der Waals surface area contributed by atoms with Crippen LogP contribution in [0.5, 0.6) is 11.5 Å². The van der Waals surface area contributed by atoms with E-state index in [0.29, 0.717) is 42.3 Å². The van der Waals surface area contributed by atoms with E-state index < -0.39 is 18.5 Å². The topological polar surface area (TPSA) is 94.2 Å². The van der Waals surface area contributed by atoms with Crippen LogP contribution in [0.1, 0.15) is 23.2 Å². The number of hydrogen-bond acceptors (Lipinski definition) is 6. The number of hydrogen-bond donors (Lipinski definition) is 1. The van der Waals surface area contributed by atoms with Gasteiger partial charge in [-0.15, -0.1) is 0 Å². The number of benzene rings is 2. The second kappa shape index (κ2) is 8.86. The quantitative estimate of drug-likeness (QED) is 0.732. The Labute approximate surface area is 173 Å². The Kier molecular flexibility index (Phi) is 5.83. The zero-order valence-electron chi connectivity index (χ0n) is 16.3. The van der Waals surface area contributed by atoms with Gasteiger partial charge in [-0.05, 0) is 36.8 Å². The predicted octanol–water partition coefficient (Wildman–Crippen LogP) is 1.93. The maximum absolute atomic E-state index is 12.3. The van der Waals surface area contributed by atoms with Crippen LogP contribution in [0.4, 0.5) is 5.69 Å². The molecule has 1 N–H and O–H groups in total. The van der Waals surface area contributed by atoms with Gasteiger partial charge >= 0.3 is 5.97 Å². The first kappa shape index (κ1) is 19.8. The van der Waals surface area contributed by atoms with E-state index in [1.807, 2.05) is 18.2 Å². The third-order valence-electron chi connectivity index (χ3n) is 4.90. The molecule has 2 aromatic carbocycles. The van der Waals surface area contributed by atoms with Gasteiger partial charge in [-0.3, -0.25) is 9.59 Å². The van der Waals surface area contributed by atoms with Gasteiger partial charge in [-0.2, -0.15) is 0 Å². The van der Waals surface area contributed by atoms with E-state index in [-0.39, 0.29) is 18.6 Å². The number of nitrogens with zero attached hydrogens (tertiary/aromatic N) is 1. The summed E-state index contributed by atoms with van der Waals surface area (Å²) < 4.78 is 16.5. The maximum atomic E-state index is 12.3. The SMILES string of the molecule is O=C(COC(=O)c1cccc(N2CCCC2=O)c1)NC[C@H]1COc2ccccc2O1. The highest BCUT2D eigenvalue weighted by molar-refractivity contribution is 5.97. The Morgan fingerprint density at radius 3 is 2.77 bits per heavy atom. The van der Waals surface area contributed by atoms with E-state index >= 15 is 0 Å². The predicted molar refractivity (Wildman–Crippen MR) is 108 cm³/mol. The number of carbonyl (C=O) groups excluding carboxylic acids is 3. The number of ether oxygens (including phenoxy) is 3. The van der Waals surface area contributed by atoms with Crippen LogP contribution >= 0.6 is 0 Å². The summed E-state index contributed by atoms with van der Waals surface area (Å²) in [7, 11) is 0. The lowest BCUT2D eigenvalue weighted by Gasteiger charge is -2.26. The fraction of sp³-hybridized carbons (Fsp3) is 0.318. The van der Waals surface area contributed by atoms with Crippen molar-refractivity contribution in [2.75, 3.05) is 31.2 Å². The van der Waals surface area contributed by atoms with E-state index in [1.54, 1.807) is 35.2 Å². The summed E-state index contributed by atoms with van der Waals surface area (Å²) >= 11 is 0. The molecule has 0 radical (unpaired) electrons. The molecule has 2 amide bonds. The van der Waals surface area contributed by atoms with Crippen molar-refractivity contribution in [2.45, 2.75) is 18.9 Å². The lowest BCUT2D eigenvalue weighted by atomic mass is 10.2. The number of rotatable bonds is 6. The van der Waals surface area contributed by atoms with Crippen molar-refractivity contribution < 1.29 is 28.6 Å². The highest BCUT2D eigenvalue weighted by atomic mass is 16.6. The Hall–Kier alpha value is -3.55. The summed E-state index contributed by atoms with van der Waals surface area (Å²) in [5.41, 5.74) is 0.951. The van der Waals surface area contributed by atoms with E-state index in [9.17, 15) is 14.4 Å². The zero-order valence-corrected chi connectivity index (χ0v) is 16.3. The summed E-state index contributed by atoms with van der Waals surface area (Å²) in [6, 6.07) is 14.0. The van der Waals surface area contributed by atoms with Crippen LogP contribution in [0, 0.1) is 0 Å². The molecule has 156 valence electrons. The number of esters is 1. The van der Waals surface area contributed by atoms with Crippen molar-refractivity contribution in [2.24, 2.45) is 0 Å².